The zero-order chi connectivity index (χ0) is 26.9. The third-order valence-electron chi connectivity index (χ3n) is 7.61. The number of ether oxygens (including phenoxy) is 6. The number of carbonyl (C=O) groups excluding carboxylic acids is 2. The number of allylic oxidation sites excluding steroid dienone is 1. The molecule has 6 atom stereocenters. The van der Waals surface area contributed by atoms with E-state index in [0.717, 1.165) is 25.7 Å². The molecule has 0 radical (unpaired) electrons. The van der Waals surface area contributed by atoms with Crippen molar-refractivity contribution in [3.8, 4) is 0 Å². The first kappa shape index (κ1) is 30.0. The molecule has 3 rings (SSSR count). The van der Waals surface area contributed by atoms with E-state index in [4.69, 9.17) is 28.4 Å². The maximum atomic E-state index is 12.6. The Labute approximate surface area is 221 Å². The monoisotopic (exact) mass is 525 g/mol. The fourth-order valence-corrected chi connectivity index (χ4v) is 5.52. The number of hydrogen-bond donors (Lipinski definition) is 1. The average molecular weight is 526 g/mol. The van der Waals surface area contributed by atoms with Crippen molar-refractivity contribution in [2.45, 2.75) is 102 Å². The second kappa shape index (κ2) is 14.0. The summed E-state index contributed by atoms with van der Waals surface area (Å²) in [6.45, 7) is 11.3. The molecule has 1 aliphatic carbocycles. The SMILES string of the molecule is CCCC(=O)NCCOCCOCCCC(=O)OC1CC[C@]2(CO2)C(C2(C)O[C@@H]2CC=C(C)C)C1OC. The zero-order valence-electron chi connectivity index (χ0n) is 23.3. The van der Waals surface area contributed by atoms with Gasteiger partial charge in [-0.2, -0.15) is 0 Å². The molecule has 4 unspecified atom stereocenters. The average Bonchev–Trinajstić information content (AvgIpc) is 3.77. The lowest BCUT2D eigenvalue weighted by atomic mass is 9.68. The summed E-state index contributed by atoms with van der Waals surface area (Å²) in [6, 6.07) is 0. The van der Waals surface area contributed by atoms with Gasteiger partial charge in [-0.1, -0.05) is 18.6 Å². The number of carbonyl (C=O) groups is 2. The summed E-state index contributed by atoms with van der Waals surface area (Å²) < 4.78 is 35.0. The smallest absolute Gasteiger partial charge is 0.306 e. The molecule has 0 aromatic rings. The fraction of sp³-hybridized carbons (Fsp3) is 0.857. The molecule has 212 valence electrons. The van der Waals surface area contributed by atoms with E-state index < -0.39 is 0 Å². The molecule has 2 aliphatic heterocycles. The maximum absolute atomic E-state index is 12.6. The van der Waals surface area contributed by atoms with Crippen LogP contribution in [-0.2, 0) is 38.0 Å². The summed E-state index contributed by atoms with van der Waals surface area (Å²) in [4.78, 5) is 24.0. The minimum absolute atomic E-state index is 0.0235. The zero-order valence-corrected chi connectivity index (χ0v) is 23.3. The third-order valence-corrected chi connectivity index (χ3v) is 7.61. The molecule has 1 saturated carbocycles. The summed E-state index contributed by atoms with van der Waals surface area (Å²) in [5.41, 5.74) is 0.707. The summed E-state index contributed by atoms with van der Waals surface area (Å²) in [5.74, 6) is -0.159. The largest absolute Gasteiger partial charge is 0.460 e. The van der Waals surface area contributed by atoms with Gasteiger partial charge in [0.05, 0.1) is 38.4 Å². The first-order valence-corrected chi connectivity index (χ1v) is 13.9. The lowest BCUT2D eigenvalue weighted by Gasteiger charge is -2.42. The van der Waals surface area contributed by atoms with Crippen molar-refractivity contribution in [2.75, 3.05) is 46.7 Å². The van der Waals surface area contributed by atoms with Crippen LogP contribution in [0.5, 0.6) is 0 Å². The molecular weight excluding hydrogens is 478 g/mol. The van der Waals surface area contributed by atoms with E-state index in [0.29, 0.717) is 58.8 Å². The molecule has 0 bridgehead atoms. The van der Waals surface area contributed by atoms with E-state index in [9.17, 15) is 9.59 Å². The van der Waals surface area contributed by atoms with Crippen LogP contribution in [0.25, 0.3) is 0 Å². The highest BCUT2D eigenvalue weighted by Crippen LogP contribution is 2.59. The summed E-state index contributed by atoms with van der Waals surface area (Å²) >= 11 is 0. The van der Waals surface area contributed by atoms with Gasteiger partial charge in [-0.15, -0.1) is 0 Å². The van der Waals surface area contributed by atoms with Gasteiger partial charge in [0.2, 0.25) is 5.91 Å². The number of rotatable bonds is 17. The second-order valence-electron chi connectivity index (χ2n) is 10.8. The predicted octanol–water partition coefficient (Wildman–Crippen LogP) is 3.34. The van der Waals surface area contributed by atoms with Crippen molar-refractivity contribution in [3.63, 3.8) is 0 Å². The van der Waals surface area contributed by atoms with Crippen molar-refractivity contribution in [3.05, 3.63) is 11.6 Å². The van der Waals surface area contributed by atoms with E-state index in [1.807, 2.05) is 6.92 Å². The van der Waals surface area contributed by atoms with Gasteiger partial charge in [-0.05, 0) is 52.9 Å². The van der Waals surface area contributed by atoms with Crippen LogP contribution >= 0.6 is 0 Å². The molecule has 1 N–H and O–H groups in total. The molecule has 0 aromatic heterocycles. The number of nitrogens with one attached hydrogen (secondary N) is 1. The molecule has 0 aromatic carbocycles. The van der Waals surface area contributed by atoms with Gasteiger partial charge in [-0.25, -0.2) is 0 Å². The third kappa shape index (κ3) is 8.48. The lowest BCUT2D eigenvalue weighted by molar-refractivity contribution is -0.172. The Morgan fingerprint density at radius 1 is 1.11 bits per heavy atom. The molecular formula is C28H47NO8. The minimum atomic E-state index is -0.342. The van der Waals surface area contributed by atoms with Crippen LogP contribution < -0.4 is 5.32 Å². The van der Waals surface area contributed by atoms with Gasteiger partial charge in [-0.3, -0.25) is 9.59 Å². The Morgan fingerprint density at radius 2 is 1.84 bits per heavy atom. The topological polar surface area (TPSA) is 108 Å². The van der Waals surface area contributed by atoms with E-state index in [-0.39, 0.29) is 47.3 Å². The van der Waals surface area contributed by atoms with E-state index in [1.165, 1.54) is 5.57 Å². The highest BCUT2D eigenvalue weighted by Gasteiger charge is 2.72. The van der Waals surface area contributed by atoms with Gasteiger partial charge in [0.25, 0.3) is 0 Å². The highest BCUT2D eigenvalue weighted by molar-refractivity contribution is 5.75. The second-order valence-corrected chi connectivity index (χ2v) is 10.8. The van der Waals surface area contributed by atoms with Crippen LogP contribution in [0.1, 0.15) is 72.6 Å². The number of epoxide rings is 2. The number of hydrogen-bond acceptors (Lipinski definition) is 8. The normalized spacial score (nSPS) is 32.1. The van der Waals surface area contributed by atoms with Crippen molar-refractivity contribution in [2.24, 2.45) is 5.92 Å². The lowest BCUT2D eigenvalue weighted by Crippen LogP contribution is -2.55. The molecule has 9 nitrogen and oxygen atoms in total. The van der Waals surface area contributed by atoms with Crippen LogP contribution in [-0.4, -0.2) is 88.1 Å². The predicted molar refractivity (Wildman–Crippen MR) is 138 cm³/mol. The Bertz CT molecular complexity index is 778. The quantitative estimate of drug-likeness (QED) is 0.133. The van der Waals surface area contributed by atoms with Crippen molar-refractivity contribution < 1.29 is 38.0 Å². The van der Waals surface area contributed by atoms with Gasteiger partial charge in [0.1, 0.15) is 23.4 Å². The van der Waals surface area contributed by atoms with Gasteiger partial charge < -0.3 is 33.7 Å². The van der Waals surface area contributed by atoms with Crippen molar-refractivity contribution >= 4 is 11.9 Å². The van der Waals surface area contributed by atoms with Gasteiger partial charge in [0, 0.05) is 33.1 Å². The fourth-order valence-electron chi connectivity index (χ4n) is 5.52. The molecule has 1 spiro atoms. The number of esters is 1. The summed E-state index contributed by atoms with van der Waals surface area (Å²) in [5, 5.41) is 2.80. The van der Waals surface area contributed by atoms with E-state index in [2.05, 4.69) is 32.2 Å². The van der Waals surface area contributed by atoms with Gasteiger partial charge >= 0.3 is 5.97 Å². The Hall–Kier alpha value is -1.52. The maximum Gasteiger partial charge on any atom is 0.306 e. The van der Waals surface area contributed by atoms with Crippen molar-refractivity contribution in [1.29, 1.82) is 0 Å². The Morgan fingerprint density at radius 3 is 2.49 bits per heavy atom. The molecule has 37 heavy (non-hydrogen) atoms. The van der Waals surface area contributed by atoms with Crippen LogP contribution in [0, 0.1) is 5.92 Å². The summed E-state index contributed by atoms with van der Waals surface area (Å²) in [6.07, 6.45) is 6.45. The van der Waals surface area contributed by atoms with Crippen LogP contribution in [0.15, 0.2) is 11.6 Å². The molecule has 3 fully saturated rings. The first-order chi connectivity index (χ1) is 17.8. The molecule has 2 saturated heterocycles. The molecule has 3 aliphatic rings. The standard InChI is InChI=1S/C28H47NO8/c1-6-8-23(30)29-14-16-34-18-17-33-15-7-9-24(31)36-21-12-13-28(19-35-28)26(25(21)32-5)27(4)22(37-27)11-10-20(2)3/h10,21-22,25-26H,6-9,11-19H2,1-5H3,(H,29,30)/t21?,22-,25?,26?,27?,28+/m1/s1. The van der Waals surface area contributed by atoms with E-state index in [1.54, 1.807) is 7.11 Å². The minimum Gasteiger partial charge on any atom is -0.460 e. The molecule has 9 heteroatoms. The molecule has 1 amide bonds. The first-order valence-electron chi connectivity index (χ1n) is 13.9. The van der Waals surface area contributed by atoms with E-state index >= 15 is 0 Å². The van der Waals surface area contributed by atoms with Crippen molar-refractivity contribution in [1.82, 2.24) is 5.32 Å². The molecule has 2 heterocycles. The number of amides is 1. The Kier molecular flexibility index (Phi) is 11.4. The van der Waals surface area contributed by atoms with Crippen LogP contribution in [0.4, 0.5) is 0 Å². The van der Waals surface area contributed by atoms with Crippen LogP contribution in [0.3, 0.4) is 0 Å². The summed E-state index contributed by atoms with van der Waals surface area (Å²) in [7, 11) is 1.69. The van der Waals surface area contributed by atoms with Crippen LogP contribution in [0.2, 0.25) is 0 Å². The van der Waals surface area contributed by atoms with Gasteiger partial charge in [0.15, 0.2) is 0 Å². The highest BCUT2D eigenvalue weighted by atomic mass is 16.6. The number of methoxy groups -OCH3 is 1. The Balaban J connectivity index is 1.34.